The second-order valence-corrected chi connectivity index (χ2v) is 8.85. The number of aryl methyl sites for hydroxylation is 1. The van der Waals surface area contributed by atoms with Gasteiger partial charge in [-0.15, -0.1) is 0 Å². The molecular formula is C26H26Cl2N2O2. The van der Waals surface area contributed by atoms with E-state index in [1.54, 1.807) is 0 Å². The molecular weight excluding hydrogens is 443 g/mol. The summed E-state index contributed by atoms with van der Waals surface area (Å²) >= 11 is 11.8. The lowest BCUT2D eigenvalue weighted by Gasteiger charge is -2.40. The highest BCUT2D eigenvalue weighted by Crippen LogP contribution is 2.45. The number of carbonyl (C=O) groups excluding carboxylic acids is 1. The minimum atomic E-state index is -0.435. The lowest BCUT2D eigenvalue weighted by Crippen LogP contribution is -2.36. The first-order valence-electron chi connectivity index (χ1n) is 10.8. The van der Waals surface area contributed by atoms with Gasteiger partial charge in [-0.1, -0.05) is 53.5 Å². The molecule has 2 aliphatic rings. The predicted octanol–water partition coefficient (Wildman–Crippen LogP) is 7.15. The van der Waals surface area contributed by atoms with E-state index < -0.39 is 6.09 Å². The van der Waals surface area contributed by atoms with Gasteiger partial charge in [0.2, 0.25) is 0 Å². The molecule has 0 saturated carbocycles. The van der Waals surface area contributed by atoms with Crippen molar-refractivity contribution in [1.82, 2.24) is 0 Å². The molecule has 2 heterocycles. The molecule has 6 heteroatoms. The Morgan fingerprint density at radius 2 is 1.78 bits per heavy atom. The van der Waals surface area contributed by atoms with Crippen LogP contribution < -0.4 is 10.2 Å². The van der Waals surface area contributed by atoms with E-state index in [1.807, 2.05) is 42.5 Å². The number of benzene rings is 3. The van der Waals surface area contributed by atoms with Gasteiger partial charge in [0.05, 0.1) is 7.11 Å². The molecule has 0 aliphatic carbocycles. The predicted molar refractivity (Wildman–Crippen MR) is 132 cm³/mol. The fourth-order valence-corrected chi connectivity index (χ4v) is 4.87. The van der Waals surface area contributed by atoms with Crippen LogP contribution in [-0.2, 0) is 11.2 Å². The number of ether oxygens (including phenoxy) is 1. The van der Waals surface area contributed by atoms with Crippen molar-refractivity contribution in [3.05, 3.63) is 93.5 Å². The van der Waals surface area contributed by atoms with Crippen LogP contribution >= 0.6 is 23.2 Å². The van der Waals surface area contributed by atoms with Gasteiger partial charge in [0.15, 0.2) is 0 Å². The van der Waals surface area contributed by atoms with E-state index in [1.165, 1.54) is 29.5 Å². The number of carbonyl (C=O) groups is 1. The Morgan fingerprint density at radius 3 is 2.47 bits per heavy atom. The fourth-order valence-electron chi connectivity index (χ4n) is 4.52. The Bertz CT molecular complexity index is 1090. The van der Waals surface area contributed by atoms with Crippen LogP contribution in [0.1, 0.15) is 35.4 Å². The Labute approximate surface area is 199 Å². The molecule has 166 valence electrons. The lowest BCUT2D eigenvalue weighted by molar-refractivity contribution is 0.187. The molecule has 3 aromatic carbocycles. The van der Waals surface area contributed by atoms with Gasteiger partial charge in [-0.3, -0.25) is 5.32 Å². The topological polar surface area (TPSA) is 41.6 Å². The van der Waals surface area contributed by atoms with Crippen molar-refractivity contribution < 1.29 is 9.53 Å². The first-order chi connectivity index (χ1) is 15.5. The molecule has 0 spiro atoms. The number of hydrogen-bond acceptors (Lipinski definition) is 3. The van der Waals surface area contributed by atoms with Crippen molar-refractivity contribution in [2.75, 3.05) is 30.4 Å². The van der Waals surface area contributed by atoms with Gasteiger partial charge in [0.1, 0.15) is 0 Å². The molecule has 5 rings (SSSR count). The Balaban J connectivity index is 0.000000300. The van der Waals surface area contributed by atoms with Crippen LogP contribution in [0.5, 0.6) is 0 Å². The van der Waals surface area contributed by atoms with E-state index in [2.05, 4.69) is 34.5 Å². The molecule has 0 radical (unpaired) electrons. The fraction of sp³-hybridized carbons (Fsp3) is 0.269. The summed E-state index contributed by atoms with van der Waals surface area (Å²) in [5.41, 5.74) is 5.96. The molecule has 32 heavy (non-hydrogen) atoms. The molecule has 0 fully saturated rings. The van der Waals surface area contributed by atoms with Crippen LogP contribution in [0.4, 0.5) is 16.2 Å². The van der Waals surface area contributed by atoms with E-state index in [9.17, 15) is 4.79 Å². The number of halogens is 2. The zero-order valence-corrected chi connectivity index (χ0v) is 19.5. The molecule has 1 amide bonds. The highest BCUT2D eigenvalue weighted by atomic mass is 35.5. The van der Waals surface area contributed by atoms with Crippen LogP contribution in [0.3, 0.4) is 0 Å². The van der Waals surface area contributed by atoms with Gasteiger partial charge in [-0.25, -0.2) is 4.79 Å². The van der Waals surface area contributed by atoms with Crippen LogP contribution in [0, 0.1) is 0 Å². The van der Waals surface area contributed by atoms with Crippen LogP contribution in [0.2, 0.25) is 10.0 Å². The van der Waals surface area contributed by atoms with Crippen molar-refractivity contribution in [2.45, 2.75) is 25.2 Å². The number of rotatable bonds is 2. The van der Waals surface area contributed by atoms with Gasteiger partial charge in [-0.05, 0) is 72.4 Å². The van der Waals surface area contributed by atoms with Gasteiger partial charge in [0, 0.05) is 40.4 Å². The normalized spacial score (nSPS) is 16.3. The van der Waals surface area contributed by atoms with E-state index >= 15 is 0 Å². The molecule has 0 saturated heterocycles. The summed E-state index contributed by atoms with van der Waals surface area (Å²) in [6.45, 7) is 2.16. The van der Waals surface area contributed by atoms with Crippen molar-refractivity contribution in [1.29, 1.82) is 0 Å². The second kappa shape index (κ2) is 10.3. The average molecular weight is 469 g/mol. The third-order valence-electron chi connectivity index (χ3n) is 5.89. The van der Waals surface area contributed by atoms with Crippen molar-refractivity contribution in [3.8, 4) is 0 Å². The summed E-state index contributed by atoms with van der Waals surface area (Å²) in [5, 5.41) is 4.39. The SMILES string of the molecule is COC(=O)Nc1cc2c3c(c1)C(c1cccc(Cl)c1)CCN3CCC2.Clc1ccccc1. The summed E-state index contributed by atoms with van der Waals surface area (Å²) < 4.78 is 4.76. The first-order valence-corrected chi connectivity index (χ1v) is 11.5. The van der Waals surface area contributed by atoms with Gasteiger partial charge in [0.25, 0.3) is 0 Å². The van der Waals surface area contributed by atoms with E-state index in [0.29, 0.717) is 5.92 Å². The lowest BCUT2D eigenvalue weighted by atomic mass is 9.81. The number of anilines is 2. The smallest absolute Gasteiger partial charge is 0.411 e. The summed E-state index contributed by atoms with van der Waals surface area (Å²) in [4.78, 5) is 14.1. The molecule has 1 atom stereocenters. The monoisotopic (exact) mass is 468 g/mol. The van der Waals surface area contributed by atoms with E-state index in [4.69, 9.17) is 27.9 Å². The summed E-state index contributed by atoms with van der Waals surface area (Å²) in [5.74, 6) is 0.293. The maximum Gasteiger partial charge on any atom is 0.411 e. The van der Waals surface area contributed by atoms with E-state index in [-0.39, 0.29) is 0 Å². The largest absolute Gasteiger partial charge is 0.453 e. The van der Waals surface area contributed by atoms with Gasteiger partial charge >= 0.3 is 6.09 Å². The maximum absolute atomic E-state index is 11.7. The van der Waals surface area contributed by atoms with Crippen molar-refractivity contribution >= 4 is 40.7 Å². The van der Waals surface area contributed by atoms with Crippen LogP contribution in [-0.4, -0.2) is 26.3 Å². The third kappa shape index (κ3) is 5.20. The summed E-state index contributed by atoms with van der Waals surface area (Å²) in [6.07, 6.45) is 2.80. The number of methoxy groups -OCH3 is 1. The minimum Gasteiger partial charge on any atom is -0.453 e. The minimum absolute atomic E-state index is 0.293. The highest BCUT2D eigenvalue weighted by Gasteiger charge is 2.31. The van der Waals surface area contributed by atoms with Gasteiger partial charge in [-0.2, -0.15) is 0 Å². The van der Waals surface area contributed by atoms with E-state index in [0.717, 1.165) is 48.1 Å². The van der Waals surface area contributed by atoms with Gasteiger partial charge < -0.3 is 9.64 Å². The Kier molecular flexibility index (Phi) is 7.23. The zero-order valence-electron chi connectivity index (χ0n) is 18.0. The molecule has 2 aliphatic heterocycles. The second-order valence-electron chi connectivity index (χ2n) is 7.97. The standard InChI is InChI=1S/C20H21ClN2O2.C6H5Cl/c1-25-20(24)22-16-11-14-5-3-8-23-9-7-17(18(12-16)19(14)23)13-4-2-6-15(21)10-13;7-6-4-2-1-3-5-6/h2,4,6,10-12,17H,3,5,7-9H2,1H3,(H,22,24);1-5H. The van der Waals surface area contributed by atoms with Crippen LogP contribution in [0.25, 0.3) is 0 Å². The average Bonchev–Trinajstić information content (AvgIpc) is 2.80. The number of nitrogens with zero attached hydrogens (tertiary/aromatic N) is 1. The molecule has 1 N–H and O–H groups in total. The quantitative estimate of drug-likeness (QED) is 0.434. The molecule has 1 unspecified atom stereocenters. The molecule has 0 bridgehead atoms. The number of hydrogen-bond donors (Lipinski definition) is 1. The highest BCUT2D eigenvalue weighted by molar-refractivity contribution is 6.30. The zero-order chi connectivity index (χ0) is 22.5. The summed E-state index contributed by atoms with van der Waals surface area (Å²) in [6, 6.07) is 21.7. The number of nitrogens with one attached hydrogen (secondary N) is 1. The van der Waals surface area contributed by atoms with Crippen molar-refractivity contribution in [3.63, 3.8) is 0 Å². The first kappa shape index (κ1) is 22.5. The Hall–Kier alpha value is -2.69. The van der Waals surface area contributed by atoms with Crippen LogP contribution in [0.15, 0.2) is 66.7 Å². The molecule has 3 aromatic rings. The maximum atomic E-state index is 11.7. The molecule has 4 nitrogen and oxygen atoms in total. The number of amides is 1. The Morgan fingerprint density at radius 1 is 1.00 bits per heavy atom. The van der Waals surface area contributed by atoms with Crippen molar-refractivity contribution in [2.24, 2.45) is 0 Å². The molecule has 0 aromatic heterocycles. The third-order valence-corrected chi connectivity index (χ3v) is 6.37. The summed E-state index contributed by atoms with van der Waals surface area (Å²) in [7, 11) is 1.38.